The molecule has 0 unspecified atom stereocenters. The third-order valence-corrected chi connectivity index (χ3v) is 1.82. The highest BCUT2D eigenvalue weighted by atomic mass is 35.5. The molecule has 1 rings (SSSR count). The molecular weight excluding hydrogens is 172 g/mol. The predicted octanol–water partition coefficient (Wildman–Crippen LogP) is 0.682. The van der Waals surface area contributed by atoms with Crippen LogP contribution in [-0.2, 0) is 6.42 Å². The van der Waals surface area contributed by atoms with E-state index in [1.807, 2.05) is 0 Å². The lowest BCUT2D eigenvalue weighted by molar-refractivity contribution is 0.300. The molecule has 0 saturated carbocycles. The number of hydrogen-bond donors (Lipinski definition) is 2. The maximum Gasteiger partial charge on any atom is 0.180 e. The molecule has 10 heavy (non-hydrogen) atoms. The van der Waals surface area contributed by atoms with Crippen LogP contribution in [-0.4, -0.2) is 16.7 Å². The number of nitrogens with zero attached hydrogens (tertiary/aromatic N) is 1. The van der Waals surface area contributed by atoms with Gasteiger partial charge in [-0.05, 0) is 0 Å². The third kappa shape index (κ3) is 2.51. The Bertz CT molecular complexity index is 192. The van der Waals surface area contributed by atoms with E-state index in [2.05, 4.69) is 4.98 Å². The molecule has 0 spiro atoms. The van der Waals surface area contributed by atoms with E-state index >= 15 is 0 Å². The Morgan fingerprint density at radius 3 is 2.80 bits per heavy atom. The number of halogens is 1. The van der Waals surface area contributed by atoms with Gasteiger partial charge in [0, 0.05) is 24.1 Å². The number of hydrogen-bond acceptors (Lipinski definition) is 4. The average Bonchev–Trinajstić information content (AvgIpc) is 2.17. The molecule has 0 saturated heterocycles. The highest BCUT2D eigenvalue weighted by Gasteiger charge is 1.95. The fourth-order valence-electron chi connectivity index (χ4n) is 0.548. The summed E-state index contributed by atoms with van der Waals surface area (Å²) in [6.07, 6.45) is 2.35. The van der Waals surface area contributed by atoms with Crippen molar-refractivity contribution in [1.82, 2.24) is 4.98 Å². The third-order valence-electron chi connectivity index (χ3n) is 0.930. The molecule has 0 fully saturated rings. The van der Waals surface area contributed by atoms with Crippen LogP contribution in [0.3, 0.4) is 0 Å². The van der Waals surface area contributed by atoms with E-state index < -0.39 is 0 Å². The molecule has 1 heterocycles. The van der Waals surface area contributed by atoms with E-state index in [9.17, 15) is 0 Å². The summed E-state index contributed by atoms with van der Waals surface area (Å²) in [7, 11) is 0. The minimum absolute atomic E-state index is 0. The first kappa shape index (κ1) is 9.68. The van der Waals surface area contributed by atoms with Gasteiger partial charge >= 0.3 is 0 Å². The van der Waals surface area contributed by atoms with Gasteiger partial charge in [0.25, 0.3) is 0 Å². The number of aliphatic hydroxyl groups excluding tert-OH is 1. The van der Waals surface area contributed by atoms with Crippen molar-refractivity contribution >= 4 is 28.9 Å². The highest BCUT2D eigenvalue weighted by Crippen LogP contribution is 2.13. The first-order valence-corrected chi connectivity index (χ1v) is 3.45. The summed E-state index contributed by atoms with van der Waals surface area (Å²) in [4.78, 5) is 4.86. The van der Waals surface area contributed by atoms with Gasteiger partial charge in [0.05, 0.1) is 0 Å². The molecule has 58 valence electrons. The number of aliphatic hydroxyl groups is 1. The van der Waals surface area contributed by atoms with Crippen LogP contribution >= 0.6 is 23.7 Å². The quantitative estimate of drug-likeness (QED) is 0.704. The number of anilines is 1. The lowest BCUT2D eigenvalue weighted by Gasteiger charge is -1.84. The van der Waals surface area contributed by atoms with Gasteiger partial charge in [0.1, 0.15) is 0 Å². The van der Waals surface area contributed by atoms with E-state index in [1.165, 1.54) is 11.3 Å². The van der Waals surface area contributed by atoms with Gasteiger partial charge in [-0.25, -0.2) is 4.98 Å². The van der Waals surface area contributed by atoms with Crippen LogP contribution in [0.4, 0.5) is 5.13 Å². The normalized spacial score (nSPS) is 8.90. The standard InChI is InChI=1S/C5H8N2OS.ClH/c6-5-7-3-4(9-5)1-2-8;/h3,8H,1-2H2,(H2,6,7);1H. The van der Waals surface area contributed by atoms with E-state index in [1.54, 1.807) is 6.20 Å². The largest absolute Gasteiger partial charge is 0.396 e. The predicted molar refractivity (Wildman–Crippen MR) is 44.6 cm³/mol. The number of thiazole rings is 1. The van der Waals surface area contributed by atoms with E-state index in [0.717, 1.165) is 4.88 Å². The first-order chi connectivity index (χ1) is 4.33. The maximum absolute atomic E-state index is 8.47. The summed E-state index contributed by atoms with van der Waals surface area (Å²) in [6, 6.07) is 0. The van der Waals surface area contributed by atoms with Gasteiger partial charge in [0.2, 0.25) is 0 Å². The minimum Gasteiger partial charge on any atom is -0.396 e. The molecule has 5 heteroatoms. The molecule has 3 nitrogen and oxygen atoms in total. The molecule has 1 aromatic heterocycles. The van der Waals surface area contributed by atoms with Crippen molar-refractivity contribution in [3.63, 3.8) is 0 Å². The van der Waals surface area contributed by atoms with Crippen molar-refractivity contribution in [2.75, 3.05) is 12.3 Å². The molecule has 0 radical (unpaired) electrons. The van der Waals surface area contributed by atoms with E-state index in [4.69, 9.17) is 10.8 Å². The number of aromatic nitrogens is 1. The zero-order valence-electron chi connectivity index (χ0n) is 5.28. The van der Waals surface area contributed by atoms with Crippen LogP contribution in [0, 0.1) is 0 Å². The van der Waals surface area contributed by atoms with Crippen molar-refractivity contribution in [2.45, 2.75) is 6.42 Å². The molecule has 0 aliphatic rings. The zero-order chi connectivity index (χ0) is 6.69. The molecule has 0 aliphatic carbocycles. The smallest absolute Gasteiger partial charge is 0.180 e. The highest BCUT2D eigenvalue weighted by molar-refractivity contribution is 7.15. The fraction of sp³-hybridized carbons (Fsp3) is 0.400. The average molecular weight is 181 g/mol. The van der Waals surface area contributed by atoms with Gasteiger partial charge < -0.3 is 10.8 Å². The van der Waals surface area contributed by atoms with Gasteiger partial charge in [-0.1, -0.05) is 0 Å². The second kappa shape index (κ2) is 4.49. The van der Waals surface area contributed by atoms with Crippen LogP contribution in [0.2, 0.25) is 0 Å². The number of nitrogens with two attached hydrogens (primary N) is 1. The Labute approximate surface area is 69.3 Å². The van der Waals surface area contributed by atoms with Crippen LogP contribution < -0.4 is 5.73 Å². The maximum atomic E-state index is 8.47. The lowest BCUT2D eigenvalue weighted by atomic mass is 10.4. The van der Waals surface area contributed by atoms with Crippen molar-refractivity contribution in [2.24, 2.45) is 0 Å². The Hall–Kier alpha value is -0.320. The Balaban J connectivity index is 0.000000810. The second-order valence-corrected chi connectivity index (χ2v) is 2.79. The van der Waals surface area contributed by atoms with Gasteiger partial charge in [-0.2, -0.15) is 0 Å². The van der Waals surface area contributed by atoms with Crippen LogP contribution in [0.15, 0.2) is 6.20 Å². The molecule has 0 aliphatic heterocycles. The SMILES string of the molecule is Cl.Nc1ncc(CCO)s1. The Morgan fingerprint density at radius 1 is 1.70 bits per heavy atom. The lowest BCUT2D eigenvalue weighted by Crippen LogP contribution is -1.84. The number of nitrogen functional groups attached to an aromatic ring is 1. The van der Waals surface area contributed by atoms with Crippen molar-refractivity contribution in [3.05, 3.63) is 11.1 Å². The van der Waals surface area contributed by atoms with Crippen LogP contribution in [0.5, 0.6) is 0 Å². The molecule has 0 aromatic carbocycles. The van der Waals surface area contributed by atoms with E-state index in [-0.39, 0.29) is 19.0 Å². The Morgan fingerprint density at radius 2 is 2.40 bits per heavy atom. The Kier molecular flexibility index (Phi) is 4.34. The second-order valence-electron chi connectivity index (χ2n) is 1.64. The van der Waals surface area contributed by atoms with E-state index in [0.29, 0.717) is 11.6 Å². The molecular formula is C5H9ClN2OS. The summed E-state index contributed by atoms with van der Waals surface area (Å²) < 4.78 is 0. The monoisotopic (exact) mass is 180 g/mol. The van der Waals surface area contributed by atoms with Crippen molar-refractivity contribution < 1.29 is 5.11 Å². The zero-order valence-corrected chi connectivity index (χ0v) is 6.91. The summed E-state index contributed by atoms with van der Waals surface area (Å²) >= 11 is 1.42. The van der Waals surface area contributed by atoms with Gasteiger partial charge in [-0.3, -0.25) is 0 Å². The number of rotatable bonds is 2. The summed E-state index contributed by atoms with van der Waals surface area (Å²) in [5.74, 6) is 0. The fourth-order valence-corrected chi connectivity index (χ4v) is 1.22. The molecule has 1 aromatic rings. The summed E-state index contributed by atoms with van der Waals surface area (Å²) in [6.45, 7) is 0.168. The molecule has 0 bridgehead atoms. The summed E-state index contributed by atoms with van der Waals surface area (Å²) in [5.41, 5.74) is 5.33. The molecule has 3 N–H and O–H groups in total. The van der Waals surface area contributed by atoms with Crippen LogP contribution in [0.1, 0.15) is 4.88 Å². The van der Waals surface area contributed by atoms with Crippen molar-refractivity contribution in [1.29, 1.82) is 0 Å². The first-order valence-electron chi connectivity index (χ1n) is 2.64. The van der Waals surface area contributed by atoms with Crippen molar-refractivity contribution in [3.8, 4) is 0 Å². The van der Waals surface area contributed by atoms with Gasteiger partial charge in [0.15, 0.2) is 5.13 Å². The van der Waals surface area contributed by atoms with Crippen LogP contribution in [0.25, 0.3) is 0 Å². The minimum atomic E-state index is 0. The topological polar surface area (TPSA) is 59.1 Å². The summed E-state index contributed by atoms with van der Waals surface area (Å²) in [5, 5.41) is 9.04. The van der Waals surface area contributed by atoms with Gasteiger partial charge in [-0.15, -0.1) is 23.7 Å². The molecule has 0 amide bonds. The molecule has 0 atom stereocenters.